The van der Waals surface area contributed by atoms with Crippen LogP contribution in [-0.2, 0) is 0 Å². The third kappa shape index (κ3) is 3.44. The van der Waals surface area contributed by atoms with Crippen LogP contribution in [0.1, 0.15) is 0 Å². The lowest BCUT2D eigenvalue weighted by atomic mass is 9.96. The number of nitrogens with zero attached hydrogens (tertiary/aromatic N) is 1. The van der Waals surface area contributed by atoms with Crippen molar-refractivity contribution in [2.45, 2.75) is 35.9 Å². The standard InChI is InChI=1S/C12F20N/c13-1-2(14)4(16)6(5(17)3(1)15)33(31,32)12(29,30)10(24,25)8(20,21)7(18,19)9(22,23)11(26,27)28/q+1. The SMILES string of the molecule is Fc1c(F)c(F)c([N+](F)(F)C(F)(F)C(F)(F)C(F)(F)C(F)(F)C(F)(F)C(F)(F)F)c(F)c1F. The summed E-state index contributed by atoms with van der Waals surface area (Å²) in [5.74, 6) is -53.3. The second-order valence-electron chi connectivity index (χ2n) is 5.77. The van der Waals surface area contributed by atoms with E-state index in [9.17, 15) is 88.0 Å². The van der Waals surface area contributed by atoms with Crippen molar-refractivity contribution in [2.24, 2.45) is 0 Å². The predicted molar refractivity (Wildman–Crippen MR) is 61.0 cm³/mol. The molecular weight excluding hydrogens is 538 g/mol. The number of benzene rings is 1. The Labute approximate surface area is 165 Å². The van der Waals surface area contributed by atoms with Gasteiger partial charge in [0.2, 0.25) is 29.1 Å². The third-order valence-corrected chi connectivity index (χ3v) is 3.74. The van der Waals surface area contributed by atoms with Crippen LogP contribution in [0, 0.1) is 29.1 Å². The van der Waals surface area contributed by atoms with Gasteiger partial charge in [0.25, 0.3) is 5.69 Å². The Bertz CT molecular complexity index is 897. The number of quaternary nitrogens is 1. The number of rotatable bonds is 6. The lowest BCUT2D eigenvalue weighted by molar-refractivity contribution is -0.473. The van der Waals surface area contributed by atoms with Gasteiger partial charge in [-0.15, -0.1) is 8.78 Å². The summed E-state index contributed by atoms with van der Waals surface area (Å²) in [5, 5.41) is 0. The molecule has 0 radical (unpaired) electrons. The number of hydrogen-bond acceptors (Lipinski definition) is 0. The van der Waals surface area contributed by atoms with Crippen molar-refractivity contribution in [3.05, 3.63) is 29.1 Å². The van der Waals surface area contributed by atoms with E-state index in [1.807, 2.05) is 0 Å². The van der Waals surface area contributed by atoms with Crippen molar-refractivity contribution < 1.29 is 88.0 Å². The monoisotopic (exact) mass is 538 g/mol. The number of hydrogen-bond donors (Lipinski definition) is 0. The molecule has 0 aliphatic rings. The van der Waals surface area contributed by atoms with Crippen molar-refractivity contribution in [2.75, 3.05) is 0 Å². The van der Waals surface area contributed by atoms with Crippen LogP contribution in [0.25, 0.3) is 0 Å². The van der Waals surface area contributed by atoms with Crippen LogP contribution in [0.4, 0.5) is 93.7 Å². The highest BCUT2D eigenvalue weighted by molar-refractivity contribution is 5.45. The van der Waals surface area contributed by atoms with Crippen molar-refractivity contribution in [3.63, 3.8) is 0 Å². The highest BCUT2D eigenvalue weighted by atomic mass is 19.4. The lowest BCUT2D eigenvalue weighted by Gasteiger charge is -2.39. The molecule has 0 aromatic heterocycles. The maximum atomic E-state index is 13.7. The third-order valence-electron chi connectivity index (χ3n) is 3.74. The molecule has 0 aliphatic carbocycles. The fourth-order valence-electron chi connectivity index (χ4n) is 1.92. The molecule has 1 aromatic rings. The van der Waals surface area contributed by atoms with Crippen molar-refractivity contribution in [3.8, 4) is 0 Å². The summed E-state index contributed by atoms with van der Waals surface area (Å²) in [6.07, 6.45) is -7.88. The quantitative estimate of drug-likeness (QED) is 0.119. The van der Waals surface area contributed by atoms with Gasteiger partial charge >= 0.3 is 35.9 Å². The molecule has 0 saturated carbocycles. The zero-order valence-corrected chi connectivity index (χ0v) is 14.0. The normalized spacial score (nSPS) is 15.3. The highest BCUT2D eigenvalue weighted by Crippen LogP contribution is 2.62. The van der Waals surface area contributed by atoms with E-state index in [1.54, 1.807) is 0 Å². The fourth-order valence-corrected chi connectivity index (χ4v) is 1.92. The van der Waals surface area contributed by atoms with E-state index in [2.05, 4.69) is 0 Å². The van der Waals surface area contributed by atoms with E-state index in [0.717, 1.165) is 0 Å². The first-order chi connectivity index (χ1) is 14.2. The van der Waals surface area contributed by atoms with E-state index in [0.29, 0.717) is 0 Å². The molecule has 33 heavy (non-hydrogen) atoms. The molecule has 0 unspecified atom stereocenters. The first kappa shape index (κ1) is 28.8. The summed E-state index contributed by atoms with van der Waals surface area (Å²) >= 11 is 0. The van der Waals surface area contributed by atoms with E-state index in [4.69, 9.17) is 0 Å². The maximum absolute atomic E-state index is 13.7. The first-order valence-corrected chi connectivity index (χ1v) is 6.94. The fraction of sp³-hybridized carbons (Fsp3) is 0.500. The van der Waals surface area contributed by atoms with E-state index in [-0.39, 0.29) is 0 Å². The van der Waals surface area contributed by atoms with Crippen LogP contribution in [0.5, 0.6) is 0 Å². The van der Waals surface area contributed by atoms with Gasteiger partial charge in [0.05, 0.1) is 8.96 Å². The van der Waals surface area contributed by atoms with E-state index < -0.39 is 75.6 Å². The van der Waals surface area contributed by atoms with Gasteiger partial charge in [-0.05, 0) is 0 Å². The Morgan fingerprint density at radius 1 is 0.394 bits per heavy atom. The molecule has 1 nitrogen and oxygen atoms in total. The molecule has 192 valence electrons. The molecule has 0 saturated heterocycles. The Balaban J connectivity index is 3.91. The van der Waals surface area contributed by atoms with Gasteiger partial charge in [-0.3, -0.25) is 0 Å². The number of halogens is 20. The second kappa shape index (κ2) is 7.39. The van der Waals surface area contributed by atoms with Gasteiger partial charge in [0.1, 0.15) is 0 Å². The van der Waals surface area contributed by atoms with Crippen LogP contribution in [-0.4, -0.2) is 35.9 Å². The van der Waals surface area contributed by atoms with Gasteiger partial charge in [-0.25, -0.2) is 13.2 Å². The summed E-state index contributed by atoms with van der Waals surface area (Å²) < 4.78 is 260. The summed E-state index contributed by atoms with van der Waals surface area (Å²) in [5.41, 5.74) is -4.38. The first-order valence-electron chi connectivity index (χ1n) is 6.94. The van der Waals surface area contributed by atoms with Gasteiger partial charge < -0.3 is 0 Å². The van der Waals surface area contributed by atoms with Crippen LogP contribution < -0.4 is 4.93 Å². The second-order valence-corrected chi connectivity index (χ2v) is 5.77. The highest BCUT2D eigenvalue weighted by Gasteiger charge is 2.96. The Morgan fingerprint density at radius 2 is 0.667 bits per heavy atom. The molecule has 0 atom stereocenters. The molecule has 0 bridgehead atoms. The summed E-state index contributed by atoms with van der Waals surface area (Å²) in [4.78, 5) is -6.95. The largest absolute Gasteiger partial charge is 0.540 e. The summed E-state index contributed by atoms with van der Waals surface area (Å²) in [7, 11) is 0. The molecule has 0 heterocycles. The molecule has 1 rings (SSSR count). The van der Waals surface area contributed by atoms with Crippen LogP contribution in [0.2, 0.25) is 0 Å². The molecular formula is C12F20N+. The lowest BCUT2D eigenvalue weighted by Crippen LogP contribution is -2.74. The predicted octanol–water partition coefficient (Wildman–Crippen LogP) is 7.15. The van der Waals surface area contributed by atoms with Crippen LogP contribution >= 0.6 is 0 Å². The smallest absolute Gasteiger partial charge is 0.200 e. The zero-order valence-electron chi connectivity index (χ0n) is 14.0. The van der Waals surface area contributed by atoms with E-state index >= 15 is 0 Å². The molecule has 0 spiro atoms. The minimum atomic E-state index is -8.81. The topological polar surface area (TPSA) is 0 Å². The van der Waals surface area contributed by atoms with Gasteiger partial charge in [-0.1, -0.05) is 0 Å². The average molecular weight is 538 g/mol. The Kier molecular flexibility index (Phi) is 6.45. The van der Waals surface area contributed by atoms with Gasteiger partial charge in [0.15, 0.2) is 4.93 Å². The zero-order chi connectivity index (χ0) is 27.0. The molecule has 0 amide bonds. The molecule has 0 N–H and O–H groups in total. The Morgan fingerprint density at radius 3 is 0.970 bits per heavy atom. The minimum absolute atomic E-state index is 3.40. The molecule has 0 fully saturated rings. The van der Waals surface area contributed by atoms with Crippen molar-refractivity contribution >= 4 is 5.69 Å². The Hall–Kier alpha value is -2.22. The summed E-state index contributed by atoms with van der Waals surface area (Å²) in [6, 6.07) is -8.56. The van der Waals surface area contributed by atoms with Gasteiger partial charge in [0, 0.05) is 0 Å². The van der Waals surface area contributed by atoms with Crippen molar-refractivity contribution in [1.82, 2.24) is 4.93 Å². The minimum Gasteiger partial charge on any atom is -0.200 e. The molecule has 1 aromatic carbocycles. The van der Waals surface area contributed by atoms with Crippen molar-refractivity contribution in [1.29, 1.82) is 0 Å². The average Bonchev–Trinajstić information content (AvgIpc) is 2.62. The van der Waals surface area contributed by atoms with E-state index in [1.165, 1.54) is 0 Å². The molecule has 0 aliphatic heterocycles. The maximum Gasteiger partial charge on any atom is 0.540 e. The molecule has 21 heteroatoms. The number of alkyl halides is 13. The van der Waals surface area contributed by atoms with Crippen LogP contribution in [0.15, 0.2) is 0 Å². The van der Waals surface area contributed by atoms with Crippen LogP contribution in [0.3, 0.4) is 0 Å². The van der Waals surface area contributed by atoms with Gasteiger partial charge in [-0.2, -0.15) is 57.1 Å². The summed E-state index contributed by atoms with van der Waals surface area (Å²) in [6.45, 7) is 0.